The van der Waals surface area contributed by atoms with Crippen LogP contribution in [0.15, 0.2) is 36.4 Å². The fourth-order valence-corrected chi connectivity index (χ4v) is 4.36. The smallest absolute Gasteiger partial charge is 0.505 e. The maximum absolute atomic E-state index is 14.2. The average Bonchev–Trinajstić information content (AvgIpc) is 2.94. The maximum Gasteiger partial charge on any atom is 0.573 e. The Hall–Kier alpha value is -3.56. The van der Waals surface area contributed by atoms with Crippen molar-refractivity contribution in [3.05, 3.63) is 59.0 Å². The van der Waals surface area contributed by atoms with Gasteiger partial charge < -0.3 is 14.9 Å². The zero-order valence-electron chi connectivity index (χ0n) is 17.3. The number of halogens is 4. The molecule has 1 aliphatic carbocycles. The molecular weight excluding hydrogens is 446 g/mol. The van der Waals surface area contributed by atoms with Gasteiger partial charge in [0.1, 0.15) is 5.75 Å². The monoisotopic (exact) mass is 465 g/mol. The second-order valence-corrected chi connectivity index (χ2v) is 8.04. The first-order chi connectivity index (χ1) is 15.5. The average molecular weight is 465 g/mol. The zero-order chi connectivity index (χ0) is 24.1. The fourth-order valence-electron chi connectivity index (χ4n) is 4.36. The lowest BCUT2D eigenvalue weighted by molar-refractivity contribution is -0.274. The molecule has 0 bridgehead atoms. The van der Waals surface area contributed by atoms with Crippen molar-refractivity contribution in [2.75, 3.05) is 0 Å². The molecule has 1 atom stereocenters. The molecule has 1 aromatic heterocycles. The van der Waals surface area contributed by atoms with Gasteiger partial charge in [-0.25, -0.2) is 4.39 Å². The SMILES string of the molecule is Cc1c(C(C(=O)O)C2CCC2)c2cc(O)c(F)cc2n1C(=O)c1ccc(OC(F)(F)F)cc1. The van der Waals surface area contributed by atoms with Crippen molar-refractivity contribution >= 4 is 22.8 Å². The van der Waals surface area contributed by atoms with Gasteiger partial charge in [-0.05, 0) is 61.6 Å². The Balaban J connectivity index is 1.85. The van der Waals surface area contributed by atoms with Crippen LogP contribution in [0.1, 0.15) is 46.8 Å². The number of aliphatic carboxylic acids is 1. The molecule has 0 aliphatic heterocycles. The molecule has 1 fully saturated rings. The molecule has 4 rings (SSSR count). The predicted octanol–water partition coefficient (Wildman–Crippen LogP) is 5.35. The van der Waals surface area contributed by atoms with Gasteiger partial charge in [-0.3, -0.25) is 14.2 Å². The summed E-state index contributed by atoms with van der Waals surface area (Å²) < 4.78 is 56.4. The highest BCUT2D eigenvalue weighted by molar-refractivity contribution is 6.05. The van der Waals surface area contributed by atoms with Gasteiger partial charge in [0.05, 0.1) is 11.4 Å². The Morgan fingerprint density at radius 1 is 1.15 bits per heavy atom. The number of alkyl halides is 3. The molecule has 174 valence electrons. The van der Waals surface area contributed by atoms with Gasteiger partial charge in [-0.2, -0.15) is 0 Å². The van der Waals surface area contributed by atoms with Crippen molar-refractivity contribution in [1.29, 1.82) is 0 Å². The summed E-state index contributed by atoms with van der Waals surface area (Å²) in [6.07, 6.45) is -2.65. The van der Waals surface area contributed by atoms with Crippen molar-refractivity contribution < 1.29 is 42.1 Å². The van der Waals surface area contributed by atoms with E-state index < -0.39 is 41.5 Å². The van der Waals surface area contributed by atoms with Crippen LogP contribution in [0.4, 0.5) is 17.6 Å². The van der Waals surface area contributed by atoms with Crippen molar-refractivity contribution in [3.8, 4) is 11.5 Å². The molecule has 33 heavy (non-hydrogen) atoms. The fraction of sp³-hybridized carbons (Fsp3) is 0.304. The Bertz CT molecular complexity index is 1240. The van der Waals surface area contributed by atoms with E-state index in [4.69, 9.17) is 0 Å². The molecule has 2 N–H and O–H groups in total. The number of aromatic nitrogens is 1. The van der Waals surface area contributed by atoms with Crippen molar-refractivity contribution in [3.63, 3.8) is 0 Å². The highest BCUT2D eigenvalue weighted by Crippen LogP contribution is 2.45. The molecule has 1 unspecified atom stereocenters. The number of carbonyl (C=O) groups excluding carboxylic acids is 1. The highest BCUT2D eigenvalue weighted by atomic mass is 19.4. The van der Waals surface area contributed by atoms with Crippen molar-refractivity contribution in [2.24, 2.45) is 5.92 Å². The first-order valence-electron chi connectivity index (χ1n) is 10.1. The number of fused-ring (bicyclic) bond motifs is 1. The van der Waals surface area contributed by atoms with Gasteiger partial charge >= 0.3 is 12.3 Å². The number of hydrogen-bond acceptors (Lipinski definition) is 4. The molecule has 0 amide bonds. The van der Waals surface area contributed by atoms with Crippen LogP contribution < -0.4 is 4.74 Å². The zero-order valence-corrected chi connectivity index (χ0v) is 17.3. The van der Waals surface area contributed by atoms with Crippen LogP contribution in [0.5, 0.6) is 11.5 Å². The molecule has 10 heteroatoms. The molecule has 1 heterocycles. The van der Waals surface area contributed by atoms with Gasteiger partial charge in [0.25, 0.3) is 5.91 Å². The van der Waals surface area contributed by atoms with Crippen molar-refractivity contribution in [1.82, 2.24) is 4.57 Å². The number of carboxylic acid groups (broad SMARTS) is 1. The van der Waals surface area contributed by atoms with Gasteiger partial charge in [-0.1, -0.05) is 6.42 Å². The van der Waals surface area contributed by atoms with E-state index in [0.717, 1.165) is 47.4 Å². The summed E-state index contributed by atoms with van der Waals surface area (Å²) in [7, 11) is 0. The number of carboxylic acids is 1. The Morgan fingerprint density at radius 2 is 1.79 bits per heavy atom. The van der Waals surface area contributed by atoms with E-state index >= 15 is 0 Å². The number of ether oxygens (including phenoxy) is 1. The number of carbonyl (C=O) groups is 2. The van der Waals surface area contributed by atoms with Gasteiger partial charge in [0.2, 0.25) is 0 Å². The first kappa shape index (κ1) is 22.6. The van der Waals surface area contributed by atoms with Crippen LogP contribution in [0.25, 0.3) is 10.9 Å². The molecule has 2 aromatic carbocycles. The standard InChI is InChI=1S/C23H19F4NO5/c1-11-19(20(22(31)32)12-3-2-4-12)15-9-18(29)16(24)10-17(15)28(11)21(30)13-5-7-14(8-6-13)33-23(25,26)27/h5-10,12,20,29H,2-4H2,1H3,(H,31,32). The number of benzene rings is 2. The summed E-state index contributed by atoms with van der Waals surface area (Å²) in [5.41, 5.74) is 0.613. The summed E-state index contributed by atoms with van der Waals surface area (Å²) in [4.78, 5) is 25.4. The number of phenols is 1. The van der Waals surface area contributed by atoms with Crippen LogP contribution in [0.3, 0.4) is 0 Å². The van der Waals surface area contributed by atoms with E-state index in [9.17, 15) is 37.4 Å². The number of phenolic OH excluding ortho intramolecular Hbond substituents is 1. The Labute approximate surface area is 185 Å². The predicted molar refractivity (Wildman–Crippen MR) is 109 cm³/mol. The second kappa shape index (κ2) is 8.09. The first-order valence-corrected chi connectivity index (χ1v) is 10.1. The second-order valence-electron chi connectivity index (χ2n) is 8.04. The lowest BCUT2D eigenvalue weighted by Gasteiger charge is -2.31. The summed E-state index contributed by atoms with van der Waals surface area (Å²) in [6, 6.07) is 6.26. The molecular formula is C23H19F4NO5. The molecule has 1 aliphatic rings. The Morgan fingerprint density at radius 3 is 2.30 bits per heavy atom. The summed E-state index contributed by atoms with van der Waals surface area (Å²) in [6.45, 7) is 1.53. The minimum absolute atomic E-state index is 0.0138. The lowest BCUT2D eigenvalue weighted by Crippen LogP contribution is -2.27. The summed E-state index contributed by atoms with van der Waals surface area (Å²) in [5.74, 6) is -5.09. The summed E-state index contributed by atoms with van der Waals surface area (Å²) in [5, 5.41) is 20.1. The lowest BCUT2D eigenvalue weighted by atomic mass is 9.72. The minimum atomic E-state index is -4.89. The van der Waals surface area contributed by atoms with E-state index in [1.165, 1.54) is 6.92 Å². The molecule has 0 spiro atoms. The minimum Gasteiger partial charge on any atom is -0.505 e. The summed E-state index contributed by atoms with van der Waals surface area (Å²) >= 11 is 0. The van der Waals surface area contributed by atoms with Gasteiger partial charge in [-0.15, -0.1) is 13.2 Å². The van der Waals surface area contributed by atoms with Crippen LogP contribution in [-0.4, -0.2) is 33.0 Å². The molecule has 0 saturated heterocycles. The maximum atomic E-state index is 14.2. The molecule has 0 radical (unpaired) electrons. The van der Waals surface area contributed by atoms with Crippen LogP contribution in [-0.2, 0) is 4.79 Å². The highest BCUT2D eigenvalue weighted by Gasteiger charge is 2.38. The van der Waals surface area contributed by atoms with E-state index in [1.807, 2.05) is 0 Å². The normalized spacial score (nSPS) is 15.3. The third-order valence-corrected chi connectivity index (χ3v) is 6.06. The number of rotatable bonds is 5. The number of aromatic hydroxyl groups is 1. The van der Waals surface area contributed by atoms with Crippen molar-refractivity contribution in [2.45, 2.75) is 38.5 Å². The Kier molecular flexibility index (Phi) is 5.55. The van der Waals surface area contributed by atoms with E-state index in [1.54, 1.807) is 0 Å². The number of hydrogen-bond donors (Lipinski definition) is 2. The largest absolute Gasteiger partial charge is 0.573 e. The number of nitrogens with zero attached hydrogens (tertiary/aromatic N) is 1. The third-order valence-electron chi connectivity index (χ3n) is 6.06. The quantitative estimate of drug-likeness (QED) is 0.496. The van der Waals surface area contributed by atoms with E-state index in [0.29, 0.717) is 18.4 Å². The van der Waals surface area contributed by atoms with Gasteiger partial charge in [0, 0.05) is 22.7 Å². The van der Waals surface area contributed by atoms with Crippen LogP contribution in [0, 0.1) is 18.7 Å². The third kappa shape index (κ3) is 4.12. The van der Waals surface area contributed by atoms with E-state index in [2.05, 4.69) is 4.74 Å². The molecule has 1 saturated carbocycles. The molecule has 6 nitrogen and oxygen atoms in total. The van der Waals surface area contributed by atoms with E-state index in [-0.39, 0.29) is 28.1 Å². The van der Waals surface area contributed by atoms with Crippen LogP contribution in [0.2, 0.25) is 0 Å². The topological polar surface area (TPSA) is 88.8 Å². The van der Waals surface area contributed by atoms with Gasteiger partial charge in [0.15, 0.2) is 11.6 Å². The van der Waals surface area contributed by atoms with Crippen LogP contribution >= 0.6 is 0 Å². The molecule has 3 aromatic rings.